The number of halogens is 2. The molecule has 0 aliphatic rings. The van der Waals surface area contributed by atoms with Gasteiger partial charge in [-0.05, 0) is 30.3 Å². The van der Waals surface area contributed by atoms with Crippen LogP contribution in [0, 0.1) is 11.3 Å². The molecule has 0 unspecified atom stereocenters. The first-order valence-corrected chi connectivity index (χ1v) is 7.24. The molecule has 1 amide bonds. The van der Waals surface area contributed by atoms with Gasteiger partial charge in [-0.15, -0.1) is 0 Å². The summed E-state index contributed by atoms with van der Waals surface area (Å²) in [6.45, 7) is -0.202. The van der Waals surface area contributed by atoms with Crippen molar-refractivity contribution in [3.63, 3.8) is 0 Å². The fourth-order valence-corrected chi connectivity index (χ4v) is 1.96. The van der Waals surface area contributed by atoms with E-state index in [-0.39, 0.29) is 6.61 Å². The third kappa shape index (κ3) is 4.99. The summed E-state index contributed by atoms with van der Waals surface area (Å²) < 4.78 is 5.27. The second-order valence-electron chi connectivity index (χ2n) is 4.36. The quantitative estimate of drug-likeness (QED) is 0.665. The van der Waals surface area contributed by atoms with Crippen LogP contribution in [0.2, 0.25) is 10.0 Å². The monoisotopic (exact) mass is 347 g/mol. The summed E-state index contributed by atoms with van der Waals surface area (Å²) in [6, 6.07) is 13.5. The zero-order valence-corrected chi connectivity index (χ0v) is 13.3. The van der Waals surface area contributed by atoms with Gasteiger partial charge in [-0.3, -0.25) is 4.79 Å². The summed E-state index contributed by atoms with van der Waals surface area (Å²) in [5, 5.41) is 13.2. The van der Waals surface area contributed by atoms with Gasteiger partial charge in [-0.1, -0.05) is 35.3 Å². The first kappa shape index (κ1) is 16.8. The molecule has 0 aliphatic carbocycles. The maximum absolute atomic E-state index is 11.6. The van der Waals surface area contributed by atoms with Crippen molar-refractivity contribution in [1.29, 1.82) is 5.26 Å². The van der Waals surface area contributed by atoms with Crippen LogP contribution in [0.3, 0.4) is 0 Å². The predicted molar refractivity (Wildman–Crippen MR) is 88.9 cm³/mol. The molecule has 0 saturated heterocycles. The highest BCUT2D eigenvalue weighted by atomic mass is 35.5. The molecule has 2 aromatic rings. The number of benzene rings is 2. The number of nitrogens with one attached hydrogen (secondary N) is 1. The van der Waals surface area contributed by atoms with Crippen LogP contribution in [0.1, 0.15) is 11.1 Å². The summed E-state index contributed by atoms with van der Waals surface area (Å²) in [4.78, 5) is 11.6. The lowest BCUT2D eigenvalue weighted by atomic mass is 10.2. The van der Waals surface area contributed by atoms with E-state index in [4.69, 9.17) is 33.2 Å². The predicted octanol–water partition coefficient (Wildman–Crippen LogP) is 3.39. The van der Waals surface area contributed by atoms with Crippen molar-refractivity contribution >= 4 is 35.3 Å². The molecular formula is C16H11Cl2N3O2. The average molecular weight is 348 g/mol. The van der Waals surface area contributed by atoms with Gasteiger partial charge in [-0.2, -0.15) is 10.4 Å². The molecule has 0 saturated carbocycles. The first-order chi connectivity index (χ1) is 11.1. The molecule has 0 bridgehead atoms. The van der Waals surface area contributed by atoms with Gasteiger partial charge in [0.15, 0.2) is 6.61 Å². The molecule has 0 aliphatic heterocycles. The van der Waals surface area contributed by atoms with Gasteiger partial charge in [0, 0.05) is 5.56 Å². The Morgan fingerprint density at radius 2 is 2.00 bits per heavy atom. The Hall–Kier alpha value is -2.55. The van der Waals surface area contributed by atoms with E-state index in [0.29, 0.717) is 26.9 Å². The molecule has 2 rings (SSSR count). The smallest absolute Gasteiger partial charge is 0.277 e. The van der Waals surface area contributed by atoms with E-state index < -0.39 is 5.91 Å². The Balaban J connectivity index is 1.84. The van der Waals surface area contributed by atoms with Gasteiger partial charge in [0.2, 0.25) is 0 Å². The van der Waals surface area contributed by atoms with Gasteiger partial charge in [0.25, 0.3) is 5.91 Å². The Kier molecular flexibility index (Phi) is 5.98. The molecule has 0 fully saturated rings. The van der Waals surface area contributed by atoms with Crippen molar-refractivity contribution < 1.29 is 9.53 Å². The zero-order chi connectivity index (χ0) is 16.7. The van der Waals surface area contributed by atoms with E-state index >= 15 is 0 Å². The second-order valence-corrected chi connectivity index (χ2v) is 5.15. The van der Waals surface area contributed by atoms with E-state index in [9.17, 15) is 4.79 Å². The summed E-state index contributed by atoms with van der Waals surface area (Å²) in [5.41, 5.74) is 3.43. The fourth-order valence-electron chi connectivity index (χ4n) is 1.60. The summed E-state index contributed by atoms with van der Waals surface area (Å²) >= 11 is 11.9. The zero-order valence-electron chi connectivity index (χ0n) is 11.8. The topological polar surface area (TPSA) is 74.5 Å². The number of hydrogen-bond donors (Lipinski definition) is 1. The SMILES string of the molecule is N#Cc1ccc(OCC(=O)N/N=C\c2cccc(Cl)c2Cl)cc1. The lowest BCUT2D eigenvalue weighted by Gasteiger charge is -2.05. The van der Waals surface area contributed by atoms with Crippen LogP contribution in [-0.4, -0.2) is 18.7 Å². The van der Waals surface area contributed by atoms with Crippen LogP contribution in [0.4, 0.5) is 0 Å². The molecule has 116 valence electrons. The lowest BCUT2D eigenvalue weighted by Crippen LogP contribution is -2.24. The normalized spacial score (nSPS) is 10.3. The van der Waals surface area contributed by atoms with Crippen LogP contribution < -0.4 is 10.2 Å². The highest BCUT2D eigenvalue weighted by Crippen LogP contribution is 2.24. The maximum atomic E-state index is 11.6. The van der Waals surface area contributed by atoms with Crippen LogP contribution in [0.15, 0.2) is 47.6 Å². The van der Waals surface area contributed by atoms with Crippen LogP contribution in [-0.2, 0) is 4.79 Å². The van der Waals surface area contributed by atoms with E-state index in [1.807, 2.05) is 6.07 Å². The van der Waals surface area contributed by atoms with E-state index in [1.165, 1.54) is 6.21 Å². The van der Waals surface area contributed by atoms with Gasteiger partial charge in [-0.25, -0.2) is 5.43 Å². The molecule has 2 aromatic carbocycles. The number of hydrogen-bond acceptors (Lipinski definition) is 4. The molecule has 23 heavy (non-hydrogen) atoms. The number of carbonyl (C=O) groups is 1. The maximum Gasteiger partial charge on any atom is 0.277 e. The fraction of sp³-hybridized carbons (Fsp3) is 0.0625. The minimum absolute atomic E-state index is 0.202. The molecular weight excluding hydrogens is 337 g/mol. The van der Waals surface area contributed by atoms with Crippen molar-refractivity contribution in [2.24, 2.45) is 5.10 Å². The largest absolute Gasteiger partial charge is 0.484 e. The summed E-state index contributed by atoms with van der Waals surface area (Å²) in [6.07, 6.45) is 1.40. The van der Waals surface area contributed by atoms with Crippen molar-refractivity contribution in [2.45, 2.75) is 0 Å². The number of nitriles is 1. The van der Waals surface area contributed by atoms with Crippen molar-refractivity contribution in [3.8, 4) is 11.8 Å². The Morgan fingerprint density at radius 3 is 2.70 bits per heavy atom. The molecule has 0 radical (unpaired) electrons. The number of amides is 1. The van der Waals surface area contributed by atoms with Crippen LogP contribution >= 0.6 is 23.2 Å². The third-order valence-corrected chi connectivity index (χ3v) is 3.56. The Bertz CT molecular complexity index is 768. The number of rotatable bonds is 5. The van der Waals surface area contributed by atoms with E-state index in [1.54, 1.807) is 42.5 Å². The van der Waals surface area contributed by atoms with Crippen molar-refractivity contribution in [2.75, 3.05) is 6.61 Å². The number of hydrazone groups is 1. The number of nitrogens with zero attached hydrogens (tertiary/aromatic N) is 2. The molecule has 5 nitrogen and oxygen atoms in total. The first-order valence-electron chi connectivity index (χ1n) is 6.49. The number of ether oxygens (including phenoxy) is 1. The van der Waals surface area contributed by atoms with Gasteiger partial charge >= 0.3 is 0 Å². The minimum atomic E-state index is -0.427. The van der Waals surface area contributed by atoms with Gasteiger partial charge in [0.05, 0.1) is 27.9 Å². The van der Waals surface area contributed by atoms with Crippen molar-refractivity contribution in [3.05, 3.63) is 63.6 Å². The molecule has 7 heteroatoms. The van der Waals surface area contributed by atoms with Gasteiger partial charge in [0.1, 0.15) is 5.75 Å². The lowest BCUT2D eigenvalue weighted by molar-refractivity contribution is -0.123. The molecule has 0 heterocycles. The minimum Gasteiger partial charge on any atom is -0.484 e. The van der Waals surface area contributed by atoms with E-state index in [0.717, 1.165) is 0 Å². The molecule has 0 spiro atoms. The number of carbonyl (C=O) groups excluding carboxylic acids is 1. The second kappa shape index (κ2) is 8.18. The highest BCUT2D eigenvalue weighted by molar-refractivity contribution is 6.43. The summed E-state index contributed by atoms with van der Waals surface area (Å²) in [7, 11) is 0. The average Bonchev–Trinajstić information content (AvgIpc) is 2.57. The van der Waals surface area contributed by atoms with Crippen LogP contribution in [0.5, 0.6) is 5.75 Å². The Labute approximate surface area is 143 Å². The van der Waals surface area contributed by atoms with Crippen molar-refractivity contribution in [1.82, 2.24) is 5.43 Å². The van der Waals surface area contributed by atoms with E-state index in [2.05, 4.69) is 10.5 Å². The van der Waals surface area contributed by atoms with Gasteiger partial charge < -0.3 is 4.74 Å². The Morgan fingerprint density at radius 1 is 1.26 bits per heavy atom. The summed E-state index contributed by atoms with van der Waals surface area (Å²) in [5.74, 6) is 0.0600. The van der Waals surface area contributed by atoms with Crippen LogP contribution in [0.25, 0.3) is 0 Å². The third-order valence-electron chi connectivity index (χ3n) is 2.73. The molecule has 0 atom stereocenters. The highest BCUT2D eigenvalue weighted by Gasteiger charge is 2.03. The standard InChI is InChI=1S/C16H11Cl2N3O2/c17-14-3-1-2-12(16(14)18)9-20-21-15(22)10-23-13-6-4-11(8-19)5-7-13/h1-7,9H,10H2,(H,21,22)/b20-9-. The molecule has 1 N–H and O–H groups in total. The molecule has 0 aromatic heterocycles.